The topological polar surface area (TPSA) is 26.3 Å². The molecule has 2 nitrogen and oxygen atoms in total. The van der Waals surface area contributed by atoms with Crippen molar-refractivity contribution in [2.24, 2.45) is 11.8 Å². The zero-order valence-corrected chi connectivity index (χ0v) is 10.8. The number of carbonyl (C=O) groups excluding carboxylic acids is 1. The molecule has 0 aromatic carbocycles. The van der Waals surface area contributed by atoms with E-state index in [1.54, 1.807) is 7.11 Å². The minimum absolute atomic E-state index is 0.363. The van der Waals surface area contributed by atoms with E-state index in [4.69, 9.17) is 4.74 Å². The first kappa shape index (κ1) is 13.7. The van der Waals surface area contributed by atoms with Crippen molar-refractivity contribution in [3.8, 4) is 0 Å². The van der Waals surface area contributed by atoms with Gasteiger partial charge in [-0.25, -0.2) is 0 Å². The van der Waals surface area contributed by atoms with Gasteiger partial charge in [-0.05, 0) is 31.6 Å². The van der Waals surface area contributed by atoms with Crippen LogP contribution in [0.3, 0.4) is 0 Å². The molecule has 0 heterocycles. The molecular formula is C14H26O2. The second-order valence-electron chi connectivity index (χ2n) is 5.08. The third-order valence-corrected chi connectivity index (χ3v) is 3.72. The van der Waals surface area contributed by atoms with Crippen molar-refractivity contribution < 1.29 is 9.53 Å². The molecule has 0 N–H and O–H groups in total. The van der Waals surface area contributed by atoms with E-state index >= 15 is 0 Å². The molecule has 16 heavy (non-hydrogen) atoms. The van der Waals surface area contributed by atoms with E-state index in [0.717, 1.165) is 51.0 Å². The summed E-state index contributed by atoms with van der Waals surface area (Å²) < 4.78 is 5.03. The van der Waals surface area contributed by atoms with E-state index in [0.29, 0.717) is 11.7 Å². The number of unbranched alkanes of at least 4 members (excludes halogenated alkanes) is 1. The van der Waals surface area contributed by atoms with Gasteiger partial charge >= 0.3 is 0 Å². The molecule has 0 spiro atoms. The molecule has 94 valence electrons. The maximum atomic E-state index is 11.8. The Hall–Kier alpha value is -0.370. The Morgan fingerprint density at radius 3 is 2.81 bits per heavy atom. The second kappa shape index (κ2) is 7.83. The summed E-state index contributed by atoms with van der Waals surface area (Å²) in [6.45, 7) is 3.07. The second-order valence-corrected chi connectivity index (χ2v) is 5.08. The molecule has 1 rings (SSSR count). The first-order chi connectivity index (χ1) is 7.77. The van der Waals surface area contributed by atoms with Gasteiger partial charge in [0.1, 0.15) is 5.78 Å². The van der Waals surface area contributed by atoms with Crippen LogP contribution < -0.4 is 0 Å². The van der Waals surface area contributed by atoms with Gasteiger partial charge in [0.25, 0.3) is 0 Å². The lowest BCUT2D eigenvalue weighted by atomic mass is 9.76. The van der Waals surface area contributed by atoms with Crippen LogP contribution in [0.1, 0.15) is 58.3 Å². The number of ether oxygens (including phenoxy) is 1. The van der Waals surface area contributed by atoms with Crippen LogP contribution in [0, 0.1) is 11.8 Å². The van der Waals surface area contributed by atoms with Crippen LogP contribution in [0.2, 0.25) is 0 Å². The van der Waals surface area contributed by atoms with Crippen LogP contribution in [0.15, 0.2) is 0 Å². The Morgan fingerprint density at radius 2 is 2.12 bits per heavy atom. The first-order valence-corrected chi connectivity index (χ1v) is 6.79. The Labute approximate surface area is 99.8 Å². The van der Waals surface area contributed by atoms with Crippen molar-refractivity contribution in [1.29, 1.82) is 0 Å². The normalized spacial score (nSPS) is 26.0. The van der Waals surface area contributed by atoms with Crippen molar-refractivity contribution in [2.45, 2.75) is 58.3 Å². The Bertz CT molecular complexity index is 201. The molecule has 0 radical (unpaired) electrons. The predicted octanol–water partition coefficient (Wildman–Crippen LogP) is 3.59. The Morgan fingerprint density at radius 1 is 1.31 bits per heavy atom. The summed E-state index contributed by atoms with van der Waals surface area (Å²) >= 11 is 0. The summed E-state index contributed by atoms with van der Waals surface area (Å²) in [5, 5.41) is 0. The fourth-order valence-corrected chi connectivity index (χ4v) is 2.79. The van der Waals surface area contributed by atoms with Crippen LogP contribution in [0.5, 0.6) is 0 Å². The molecule has 0 bridgehead atoms. The standard InChI is InChI=1S/C14H26O2/c1-3-6-12-8-9-14(15)13(11-12)7-4-5-10-16-2/h12-13H,3-11H2,1-2H3. The molecule has 0 amide bonds. The summed E-state index contributed by atoms with van der Waals surface area (Å²) in [7, 11) is 1.74. The van der Waals surface area contributed by atoms with Crippen LogP contribution in [0.25, 0.3) is 0 Å². The van der Waals surface area contributed by atoms with E-state index < -0.39 is 0 Å². The van der Waals surface area contributed by atoms with Crippen molar-refractivity contribution in [3.63, 3.8) is 0 Å². The highest BCUT2D eigenvalue weighted by molar-refractivity contribution is 5.81. The molecule has 2 atom stereocenters. The Balaban J connectivity index is 2.23. The largest absolute Gasteiger partial charge is 0.385 e. The van der Waals surface area contributed by atoms with E-state index in [9.17, 15) is 4.79 Å². The maximum Gasteiger partial charge on any atom is 0.135 e. The average Bonchev–Trinajstić information content (AvgIpc) is 2.29. The number of ketones is 1. The van der Waals surface area contributed by atoms with Gasteiger partial charge in [-0.2, -0.15) is 0 Å². The van der Waals surface area contributed by atoms with Gasteiger partial charge in [0, 0.05) is 26.1 Å². The Kier molecular flexibility index (Phi) is 6.70. The molecule has 0 saturated heterocycles. The van der Waals surface area contributed by atoms with E-state index in [-0.39, 0.29) is 0 Å². The van der Waals surface area contributed by atoms with Gasteiger partial charge < -0.3 is 4.74 Å². The van der Waals surface area contributed by atoms with Crippen molar-refractivity contribution >= 4 is 5.78 Å². The van der Waals surface area contributed by atoms with E-state index in [1.807, 2.05) is 0 Å². The van der Waals surface area contributed by atoms with E-state index in [2.05, 4.69) is 6.92 Å². The highest BCUT2D eigenvalue weighted by Gasteiger charge is 2.27. The molecule has 1 aliphatic carbocycles. The third kappa shape index (κ3) is 4.65. The minimum atomic E-state index is 0.363. The molecule has 0 aromatic heterocycles. The number of hydrogen-bond donors (Lipinski definition) is 0. The summed E-state index contributed by atoms with van der Waals surface area (Å²) in [6.07, 6.45) is 9.02. The molecule has 0 aromatic rings. The van der Waals surface area contributed by atoms with Crippen LogP contribution in [0.4, 0.5) is 0 Å². The first-order valence-electron chi connectivity index (χ1n) is 6.79. The van der Waals surface area contributed by atoms with Crippen LogP contribution in [-0.4, -0.2) is 19.5 Å². The molecule has 2 heteroatoms. The molecule has 0 aliphatic heterocycles. The summed E-state index contributed by atoms with van der Waals surface area (Å²) in [5.41, 5.74) is 0. The smallest absolute Gasteiger partial charge is 0.135 e. The lowest BCUT2D eigenvalue weighted by Gasteiger charge is -2.27. The number of hydrogen-bond acceptors (Lipinski definition) is 2. The highest BCUT2D eigenvalue weighted by Crippen LogP contribution is 2.32. The van der Waals surface area contributed by atoms with Gasteiger partial charge in [0.15, 0.2) is 0 Å². The van der Waals surface area contributed by atoms with Gasteiger partial charge in [-0.1, -0.05) is 26.2 Å². The quantitative estimate of drug-likeness (QED) is 0.620. The SMILES string of the molecule is CCCC1CCC(=O)C(CCCCOC)C1. The zero-order chi connectivity index (χ0) is 11.8. The minimum Gasteiger partial charge on any atom is -0.385 e. The number of rotatable bonds is 7. The van der Waals surface area contributed by atoms with E-state index in [1.165, 1.54) is 12.8 Å². The fraction of sp³-hybridized carbons (Fsp3) is 0.929. The molecular weight excluding hydrogens is 200 g/mol. The van der Waals surface area contributed by atoms with Gasteiger partial charge in [-0.15, -0.1) is 0 Å². The van der Waals surface area contributed by atoms with Crippen LogP contribution >= 0.6 is 0 Å². The molecule has 1 fully saturated rings. The van der Waals surface area contributed by atoms with Crippen LogP contribution in [-0.2, 0) is 9.53 Å². The lowest BCUT2D eigenvalue weighted by Crippen LogP contribution is -2.25. The van der Waals surface area contributed by atoms with Gasteiger partial charge in [0.05, 0.1) is 0 Å². The van der Waals surface area contributed by atoms with Gasteiger partial charge in [-0.3, -0.25) is 4.79 Å². The number of Topliss-reactive ketones (excluding diaryl/α,β-unsaturated/α-hetero) is 1. The maximum absolute atomic E-state index is 11.8. The molecule has 1 saturated carbocycles. The van der Waals surface area contributed by atoms with Gasteiger partial charge in [0.2, 0.25) is 0 Å². The predicted molar refractivity (Wildman–Crippen MR) is 66.5 cm³/mol. The zero-order valence-electron chi connectivity index (χ0n) is 10.8. The van der Waals surface area contributed by atoms with Crippen molar-refractivity contribution in [3.05, 3.63) is 0 Å². The third-order valence-electron chi connectivity index (χ3n) is 3.72. The molecule has 1 aliphatic rings. The average molecular weight is 226 g/mol. The number of methoxy groups -OCH3 is 1. The fourth-order valence-electron chi connectivity index (χ4n) is 2.79. The van der Waals surface area contributed by atoms with Crippen molar-refractivity contribution in [1.82, 2.24) is 0 Å². The van der Waals surface area contributed by atoms with Crippen molar-refractivity contribution in [2.75, 3.05) is 13.7 Å². The number of carbonyl (C=O) groups is 1. The summed E-state index contributed by atoms with van der Waals surface area (Å²) in [5.74, 6) is 1.70. The summed E-state index contributed by atoms with van der Waals surface area (Å²) in [6, 6.07) is 0. The lowest BCUT2D eigenvalue weighted by molar-refractivity contribution is -0.126. The summed E-state index contributed by atoms with van der Waals surface area (Å²) in [4.78, 5) is 11.8. The highest BCUT2D eigenvalue weighted by atomic mass is 16.5. The molecule has 2 unspecified atom stereocenters. The monoisotopic (exact) mass is 226 g/mol.